The van der Waals surface area contributed by atoms with Crippen LogP contribution in [0.4, 0.5) is 0 Å². The van der Waals surface area contributed by atoms with Crippen LogP contribution in [0.5, 0.6) is 0 Å². The summed E-state index contributed by atoms with van der Waals surface area (Å²) < 4.78 is 6.56. The topological polar surface area (TPSA) is 0 Å². The van der Waals surface area contributed by atoms with Gasteiger partial charge in [0.25, 0.3) is 0 Å². The van der Waals surface area contributed by atoms with Gasteiger partial charge in [-0.25, -0.2) is 0 Å². The lowest BCUT2D eigenvalue weighted by Gasteiger charge is -1.86. The second-order valence-corrected chi connectivity index (χ2v) is 1.89. The lowest BCUT2D eigenvalue weighted by molar-refractivity contribution is 1.66. The fraction of sp³-hybridized carbons (Fsp3) is 0. The summed E-state index contributed by atoms with van der Waals surface area (Å²) in [5.41, 5.74) is 1.11. The van der Waals surface area contributed by atoms with Crippen molar-refractivity contribution in [1.29, 1.82) is 0 Å². The Morgan fingerprint density at radius 1 is 1.40 bits per heavy atom. The second kappa shape index (κ2) is 3.53. The van der Waals surface area contributed by atoms with Crippen LogP contribution in [0, 0.1) is 12.3 Å². The first-order valence-electron chi connectivity index (χ1n) is 3.57. The minimum atomic E-state index is 1.11. The van der Waals surface area contributed by atoms with Gasteiger partial charge in [-0.05, 0) is 17.7 Å². The summed E-state index contributed by atoms with van der Waals surface area (Å²) >= 11 is 0. The van der Waals surface area contributed by atoms with Gasteiger partial charge in [-0.3, -0.25) is 0 Å². The summed E-state index contributed by atoms with van der Waals surface area (Å²) in [5.74, 6) is 2.53. The van der Waals surface area contributed by atoms with E-state index in [0.717, 1.165) is 5.56 Å². The molecule has 0 bridgehead atoms. The Hall–Kier alpha value is -1.48. The van der Waals surface area contributed by atoms with Gasteiger partial charge in [0.15, 0.2) is 0 Å². The summed E-state index contributed by atoms with van der Waals surface area (Å²) in [6.45, 7) is 0. The van der Waals surface area contributed by atoms with Crippen LogP contribution in [0.3, 0.4) is 0 Å². The Bertz CT molecular complexity index is 288. The molecule has 0 saturated carbocycles. The van der Waals surface area contributed by atoms with Crippen LogP contribution in [0.1, 0.15) is 6.93 Å². The molecule has 0 spiro atoms. The molecule has 0 aromatic heterocycles. The second-order valence-electron chi connectivity index (χ2n) is 1.89. The highest BCUT2D eigenvalue weighted by atomic mass is 13.9. The van der Waals surface area contributed by atoms with Crippen molar-refractivity contribution in [1.82, 2.24) is 0 Å². The number of hydrogen-bond acceptors (Lipinski definition) is 0. The zero-order valence-corrected chi connectivity index (χ0v) is 5.54. The summed E-state index contributed by atoms with van der Waals surface area (Å²) in [7, 11) is 0. The number of rotatable bonds is 1. The van der Waals surface area contributed by atoms with Crippen LogP contribution in [0.15, 0.2) is 36.4 Å². The van der Waals surface area contributed by atoms with Crippen molar-refractivity contribution in [3.05, 3.63) is 42.0 Å². The van der Waals surface area contributed by atoms with E-state index < -0.39 is 0 Å². The van der Waals surface area contributed by atoms with Crippen LogP contribution in [0.2, 0.25) is 0 Å². The molecule has 48 valence electrons. The molecule has 0 saturated heterocycles. The predicted molar refractivity (Wildman–Crippen MR) is 44.3 cm³/mol. The van der Waals surface area contributed by atoms with Crippen LogP contribution in [0.25, 0.3) is 6.08 Å². The quantitative estimate of drug-likeness (QED) is 0.404. The molecule has 0 fully saturated rings. The van der Waals surface area contributed by atoms with Crippen molar-refractivity contribution >= 4 is 6.08 Å². The van der Waals surface area contributed by atoms with Gasteiger partial charge < -0.3 is 0 Å². The normalized spacial score (nSPS) is 10.2. The van der Waals surface area contributed by atoms with Crippen molar-refractivity contribution in [2.24, 2.45) is 0 Å². The van der Waals surface area contributed by atoms with Gasteiger partial charge in [0.2, 0.25) is 0 Å². The van der Waals surface area contributed by atoms with Crippen molar-refractivity contribution < 1.29 is 1.37 Å². The molecule has 1 aromatic carbocycles. The third kappa shape index (κ3) is 1.80. The zero-order chi connectivity index (χ0) is 7.94. The maximum Gasteiger partial charge on any atom is 0.124 e. The largest absolute Gasteiger partial charge is 0.124 e. The van der Waals surface area contributed by atoms with E-state index in [1.54, 1.807) is 6.08 Å². The van der Waals surface area contributed by atoms with E-state index >= 15 is 0 Å². The SMILES string of the molecule is [2H]C#[13C]/C=C/c1ccccc1. The van der Waals surface area contributed by atoms with Gasteiger partial charge in [-0.1, -0.05) is 36.3 Å². The van der Waals surface area contributed by atoms with Crippen molar-refractivity contribution in [2.45, 2.75) is 0 Å². The Kier molecular flexibility index (Phi) is 1.88. The van der Waals surface area contributed by atoms with Gasteiger partial charge in [0, 0.05) is 0 Å². The van der Waals surface area contributed by atoms with E-state index in [1.807, 2.05) is 36.4 Å². The Balaban J connectivity index is 2.69. The lowest BCUT2D eigenvalue weighted by Crippen LogP contribution is -1.65. The van der Waals surface area contributed by atoms with Gasteiger partial charge in [-0.15, -0.1) is 6.40 Å². The van der Waals surface area contributed by atoms with E-state index in [9.17, 15) is 0 Å². The maximum atomic E-state index is 6.56. The summed E-state index contributed by atoms with van der Waals surface area (Å²) in [6.07, 6.45) is 5.60. The Morgan fingerprint density at radius 2 is 2.20 bits per heavy atom. The molecular formula is C10H8. The molecule has 0 atom stereocenters. The molecule has 0 heteroatoms. The Labute approximate surface area is 62.6 Å². The molecule has 1 rings (SSSR count). The maximum absolute atomic E-state index is 6.56. The van der Waals surface area contributed by atoms with E-state index in [0.29, 0.717) is 0 Å². The molecule has 0 aliphatic carbocycles. The monoisotopic (exact) mass is 130 g/mol. The van der Waals surface area contributed by atoms with Crippen molar-refractivity contribution in [3.8, 4) is 12.3 Å². The number of allylic oxidation sites excluding steroid dienone is 1. The molecule has 0 aliphatic rings. The number of terminal acetylenes is 1. The summed E-state index contributed by atoms with van der Waals surface area (Å²) in [4.78, 5) is 0. The van der Waals surface area contributed by atoms with Crippen LogP contribution >= 0.6 is 0 Å². The first-order chi connectivity index (χ1) is 5.43. The van der Waals surface area contributed by atoms with Crippen molar-refractivity contribution in [2.75, 3.05) is 0 Å². The molecule has 0 radical (unpaired) electrons. The summed E-state index contributed by atoms with van der Waals surface area (Å²) in [5, 5.41) is 0. The molecule has 1 aromatic rings. The molecule has 0 aliphatic heterocycles. The fourth-order valence-electron chi connectivity index (χ4n) is 0.702. The number of hydrogen-bond donors (Lipinski definition) is 0. The average molecular weight is 130 g/mol. The Morgan fingerprint density at radius 3 is 2.90 bits per heavy atom. The van der Waals surface area contributed by atoms with Gasteiger partial charge in [0.05, 0.1) is 0 Å². The van der Waals surface area contributed by atoms with Gasteiger partial charge in [-0.2, -0.15) is 0 Å². The highest BCUT2D eigenvalue weighted by molar-refractivity contribution is 5.51. The number of benzene rings is 1. The predicted octanol–water partition coefficient (Wildman–Crippen LogP) is 2.33. The average Bonchev–Trinajstić information content (AvgIpc) is 2.07. The van der Waals surface area contributed by atoms with Crippen LogP contribution in [-0.4, -0.2) is 0 Å². The third-order valence-electron chi connectivity index (χ3n) is 1.16. The molecule has 0 nitrogen and oxygen atoms in total. The molecule has 10 heavy (non-hydrogen) atoms. The zero-order valence-electron chi connectivity index (χ0n) is 6.54. The van der Waals surface area contributed by atoms with Gasteiger partial charge in [0.1, 0.15) is 1.37 Å². The minimum absolute atomic E-state index is 1.11. The highest BCUT2D eigenvalue weighted by Crippen LogP contribution is 1.99. The standard InChI is InChI=1S/C10H8/c1-2-3-7-10-8-5-4-6-9-10/h1,3-9H/b7-3+/i1D,2+1. The molecule has 0 amide bonds. The van der Waals surface area contributed by atoms with Gasteiger partial charge >= 0.3 is 0 Å². The lowest BCUT2D eigenvalue weighted by atomic mass is 10.2. The fourth-order valence-corrected chi connectivity index (χ4v) is 0.702. The van der Waals surface area contributed by atoms with Crippen LogP contribution < -0.4 is 0 Å². The summed E-state index contributed by atoms with van der Waals surface area (Å²) in [6, 6.07) is 9.87. The minimum Gasteiger partial charge on any atom is -0.115 e. The van der Waals surface area contributed by atoms with E-state index in [4.69, 9.17) is 1.37 Å². The van der Waals surface area contributed by atoms with E-state index in [1.165, 1.54) is 0 Å². The smallest absolute Gasteiger partial charge is 0.115 e. The molecule has 0 heterocycles. The third-order valence-corrected chi connectivity index (χ3v) is 1.16. The van der Waals surface area contributed by atoms with Crippen molar-refractivity contribution in [3.63, 3.8) is 0 Å². The van der Waals surface area contributed by atoms with E-state index in [-0.39, 0.29) is 0 Å². The molecule has 0 unspecified atom stereocenters. The first-order valence-corrected chi connectivity index (χ1v) is 3.07. The van der Waals surface area contributed by atoms with E-state index in [2.05, 4.69) is 12.3 Å². The molecule has 0 N–H and O–H groups in total. The van der Waals surface area contributed by atoms with Crippen LogP contribution in [-0.2, 0) is 0 Å². The highest BCUT2D eigenvalue weighted by Gasteiger charge is 1.78. The molecular weight excluding hydrogens is 121 g/mol. The first kappa shape index (κ1) is 5.32.